The van der Waals surface area contributed by atoms with Crippen molar-refractivity contribution in [2.24, 2.45) is 7.05 Å². The van der Waals surface area contributed by atoms with Crippen LogP contribution in [0.4, 0.5) is 5.69 Å². The SMILES string of the molecule is CCCc1cc(C(=O)N2CCC[C@@H](Nc3ccc(C)c(C)c3)C2)n(C)n1. The summed E-state index contributed by atoms with van der Waals surface area (Å²) in [4.78, 5) is 14.9. The van der Waals surface area contributed by atoms with Gasteiger partial charge in [0, 0.05) is 31.9 Å². The zero-order valence-corrected chi connectivity index (χ0v) is 16.4. The number of hydrogen-bond acceptors (Lipinski definition) is 3. The summed E-state index contributed by atoms with van der Waals surface area (Å²) in [6.07, 6.45) is 4.06. The molecular formula is C21H30N4O. The highest BCUT2D eigenvalue weighted by Crippen LogP contribution is 2.20. The number of anilines is 1. The Morgan fingerprint density at radius 3 is 2.81 bits per heavy atom. The summed E-state index contributed by atoms with van der Waals surface area (Å²) in [5.74, 6) is 0.0916. The average molecular weight is 354 g/mol. The van der Waals surface area contributed by atoms with Gasteiger partial charge in [0.05, 0.1) is 5.69 Å². The normalized spacial score (nSPS) is 17.4. The Balaban J connectivity index is 1.67. The summed E-state index contributed by atoms with van der Waals surface area (Å²) < 4.78 is 1.73. The van der Waals surface area contributed by atoms with Gasteiger partial charge in [-0.05, 0) is 62.4 Å². The van der Waals surface area contributed by atoms with Crippen molar-refractivity contribution in [1.29, 1.82) is 0 Å². The van der Waals surface area contributed by atoms with E-state index in [1.165, 1.54) is 11.1 Å². The predicted octanol–water partition coefficient (Wildman–Crippen LogP) is 3.71. The number of aromatic nitrogens is 2. The molecule has 1 fully saturated rings. The molecule has 1 amide bonds. The number of rotatable bonds is 5. The fraction of sp³-hybridized carbons (Fsp3) is 0.524. The highest BCUT2D eigenvalue weighted by atomic mass is 16.2. The molecule has 3 rings (SSSR count). The first kappa shape index (κ1) is 18.5. The molecule has 26 heavy (non-hydrogen) atoms. The molecule has 1 aliphatic heterocycles. The Kier molecular flexibility index (Phi) is 5.64. The van der Waals surface area contributed by atoms with Gasteiger partial charge >= 0.3 is 0 Å². The van der Waals surface area contributed by atoms with E-state index in [1.807, 2.05) is 18.0 Å². The Morgan fingerprint density at radius 1 is 1.27 bits per heavy atom. The molecule has 0 unspecified atom stereocenters. The first-order valence-corrected chi connectivity index (χ1v) is 9.64. The molecule has 0 aliphatic carbocycles. The largest absolute Gasteiger partial charge is 0.381 e. The number of carbonyl (C=O) groups excluding carboxylic acids is 1. The summed E-state index contributed by atoms with van der Waals surface area (Å²) >= 11 is 0. The average Bonchev–Trinajstić information content (AvgIpc) is 2.98. The third kappa shape index (κ3) is 4.09. The van der Waals surface area contributed by atoms with Crippen LogP contribution in [0.3, 0.4) is 0 Å². The van der Waals surface area contributed by atoms with E-state index in [0.717, 1.165) is 50.2 Å². The van der Waals surface area contributed by atoms with Crippen LogP contribution in [0.25, 0.3) is 0 Å². The van der Waals surface area contributed by atoms with Crippen LogP contribution in [-0.2, 0) is 13.5 Å². The van der Waals surface area contributed by atoms with E-state index >= 15 is 0 Å². The van der Waals surface area contributed by atoms with Gasteiger partial charge in [-0.1, -0.05) is 19.4 Å². The second kappa shape index (κ2) is 7.94. The van der Waals surface area contributed by atoms with Gasteiger partial charge in [-0.15, -0.1) is 0 Å². The molecule has 1 aromatic heterocycles. The van der Waals surface area contributed by atoms with Crippen LogP contribution < -0.4 is 5.32 Å². The molecule has 0 bridgehead atoms. The number of nitrogens with one attached hydrogen (secondary N) is 1. The van der Waals surface area contributed by atoms with Gasteiger partial charge in [-0.25, -0.2) is 0 Å². The molecule has 1 atom stereocenters. The van der Waals surface area contributed by atoms with Gasteiger partial charge in [-0.3, -0.25) is 9.48 Å². The Hall–Kier alpha value is -2.30. The number of aryl methyl sites for hydroxylation is 4. The maximum Gasteiger partial charge on any atom is 0.272 e. The molecule has 5 nitrogen and oxygen atoms in total. The lowest BCUT2D eigenvalue weighted by atomic mass is 10.0. The molecule has 1 aromatic carbocycles. The van der Waals surface area contributed by atoms with Crippen molar-refractivity contribution in [3.05, 3.63) is 46.8 Å². The molecule has 140 valence electrons. The molecule has 2 aromatic rings. The fourth-order valence-electron chi connectivity index (χ4n) is 3.61. The van der Waals surface area contributed by atoms with Gasteiger partial charge in [-0.2, -0.15) is 5.10 Å². The van der Waals surface area contributed by atoms with Crippen molar-refractivity contribution in [2.75, 3.05) is 18.4 Å². The number of piperidine rings is 1. The predicted molar refractivity (Wildman–Crippen MR) is 106 cm³/mol. The van der Waals surface area contributed by atoms with E-state index in [0.29, 0.717) is 5.69 Å². The van der Waals surface area contributed by atoms with E-state index < -0.39 is 0 Å². The van der Waals surface area contributed by atoms with E-state index in [9.17, 15) is 4.79 Å². The summed E-state index contributed by atoms with van der Waals surface area (Å²) in [5, 5.41) is 8.08. The van der Waals surface area contributed by atoms with E-state index in [1.54, 1.807) is 4.68 Å². The maximum atomic E-state index is 13.0. The Morgan fingerprint density at radius 2 is 2.08 bits per heavy atom. The molecule has 0 saturated carbocycles. The second-order valence-electron chi connectivity index (χ2n) is 7.43. The van der Waals surface area contributed by atoms with Crippen molar-refractivity contribution in [1.82, 2.24) is 14.7 Å². The lowest BCUT2D eigenvalue weighted by Crippen LogP contribution is -2.45. The van der Waals surface area contributed by atoms with Crippen LogP contribution >= 0.6 is 0 Å². The van der Waals surface area contributed by atoms with E-state index in [4.69, 9.17) is 0 Å². The minimum absolute atomic E-state index is 0.0916. The number of benzene rings is 1. The first-order valence-electron chi connectivity index (χ1n) is 9.64. The number of likely N-dealkylation sites (tertiary alicyclic amines) is 1. The van der Waals surface area contributed by atoms with Crippen LogP contribution in [0.15, 0.2) is 24.3 Å². The third-order valence-electron chi connectivity index (χ3n) is 5.24. The molecule has 0 spiro atoms. The molecule has 5 heteroatoms. The molecular weight excluding hydrogens is 324 g/mol. The molecule has 0 radical (unpaired) electrons. The Bertz CT molecular complexity index is 780. The highest BCUT2D eigenvalue weighted by molar-refractivity contribution is 5.92. The summed E-state index contributed by atoms with van der Waals surface area (Å²) in [6, 6.07) is 8.70. The number of nitrogens with zero attached hydrogens (tertiary/aromatic N) is 3. The third-order valence-corrected chi connectivity index (χ3v) is 5.24. The molecule has 1 N–H and O–H groups in total. The van der Waals surface area contributed by atoms with Crippen molar-refractivity contribution < 1.29 is 4.79 Å². The van der Waals surface area contributed by atoms with Crippen molar-refractivity contribution in [3.63, 3.8) is 0 Å². The zero-order valence-electron chi connectivity index (χ0n) is 16.4. The first-order chi connectivity index (χ1) is 12.5. The standard InChI is InChI=1S/C21H30N4O/c1-5-7-18-13-20(24(4)23-18)21(26)25-11-6-8-19(14-25)22-17-10-9-15(2)16(3)12-17/h9-10,12-13,19,22H,5-8,11,14H2,1-4H3/t19-/m1/s1. The number of hydrogen-bond donors (Lipinski definition) is 1. The molecule has 1 aliphatic rings. The van der Waals surface area contributed by atoms with Crippen molar-refractivity contribution >= 4 is 11.6 Å². The van der Waals surface area contributed by atoms with Crippen molar-refractivity contribution in [2.45, 2.75) is 52.5 Å². The van der Waals surface area contributed by atoms with Gasteiger partial charge in [0.1, 0.15) is 5.69 Å². The number of amides is 1. The van der Waals surface area contributed by atoms with Crippen LogP contribution in [-0.4, -0.2) is 39.7 Å². The van der Waals surface area contributed by atoms with Crippen LogP contribution in [0.2, 0.25) is 0 Å². The Labute approximate surface area is 156 Å². The topological polar surface area (TPSA) is 50.2 Å². The highest BCUT2D eigenvalue weighted by Gasteiger charge is 2.26. The lowest BCUT2D eigenvalue weighted by Gasteiger charge is -2.33. The maximum absolute atomic E-state index is 13.0. The quantitative estimate of drug-likeness (QED) is 0.890. The second-order valence-corrected chi connectivity index (χ2v) is 7.43. The van der Waals surface area contributed by atoms with Crippen molar-refractivity contribution in [3.8, 4) is 0 Å². The summed E-state index contributed by atoms with van der Waals surface area (Å²) in [7, 11) is 1.86. The lowest BCUT2D eigenvalue weighted by molar-refractivity contribution is 0.0703. The smallest absolute Gasteiger partial charge is 0.272 e. The monoisotopic (exact) mass is 354 g/mol. The fourth-order valence-corrected chi connectivity index (χ4v) is 3.61. The molecule has 2 heterocycles. The van der Waals surface area contributed by atoms with Gasteiger partial charge in [0.25, 0.3) is 5.91 Å². The van der Waals surface area contributed by atoms with Crippen LogP contribution in [0.5, 0.6) is 0 Å². The minimum atomic E-state index is 0.0916. The van der Waals surface area contributed by atoms with Gasteiger partial charge in [0.15, 0.2) is 0 Å². The van der Waals surface area contributed by atoms with E-state index in [-0.39, 0.29) is 11.9 Å². The van der Waals surface area contributed by atoms with E-state index in [2.05, 4.69) is 49.4 Å². The summed E-state index contributed by atoms with van der Waals surface area (Å²) in [5.41, 5.74) is 5.42. The van der Waals surface area contributed by atoms with Crippen LogP contribution in [0.1, 0.15) is 53.5 Å². The van der Waals surface area contributed by atoms with Crippen LogP contribution in [0, 0.1) is 13.8 Å². The minimum Gasteiger partial charge on any atom is -0.381 e. The summed E-state index contributed by atoms with van der Waals surface area (Å²) in [6.45, 7) is 7.94. The van der Waals surface area contributed by atoms with Gasteiger partial charge < -0.3 is 10.2 Å². The molecule has 1 saturated heterocycles. The number of carbonyl (C=O) groups is 1. The zero-order chi connectivity index (χ0) is 18.7. The van der Waals surface area contributed by atoms with Gasteiger partial charge in [0.2, 0.25) is 0 Å².